The molecule has 1 heterocycles. The molecule has 2 N–H and O–H groups in total. The molecule has 0 saturated heterocycles. The van der Waals surface area contributed by atoms with Crippen molar-refractivity contribution >= 4 is 27.5 Å². The van der Waals surface area contributed by atoms with Crippen LogP contribution in [0.15, 0.2) is 69.6 Å². The summed E-state index contributed by atoms with van der Waals surface area (Å²) in [6.45, 7) is 0.223. The van der Waals surface area contributed by atoms with Crippen LogP contribution in [0.5, 0.6) is 11.5 Å². The molecule has 24 heavy (non-hydrogen) atoms. The monoisotopic (exact) mass is 387 g/mol. The highest BCUT2D eigenvalue weighted by molar-refractivity contribution is 9.10. The summed E-state index contributed by atoms with van der Waals surface area (Å²) in [6.07, 6.45) is 0. The van der Waals surface area contributed by atoms with Crippen molar-refractivity contribution in [2.45, 2.75) is 6.61 Å². The number of furan rings is 1. The van der Waals surface area contributed by atoms with Crippen LogP contribution in [0.3, 0.4) is 0 Å². The maximum atomic E-state index is 12.1. The standard InChI is InChI=1S/C18H14BrNO4/c19-12-4-6-15(7-5-12)23-11-16-8-9-17(24-16)18(22)20-13-2-1-3-14(21)10-13/h1-10,21H,11H2,(H,20,22). The van der Waals surface area contributed by atoms with E-state index in [0.29, 0.717) is 17.2 Å². The molecule has 0 fully saturated rings. The van der Waals surface area contributed by atoms with E-state index in [0.717, 1.165) is 4.47 Å². The zero-order chi connectivity index (χ0) is 16.9. The van der Waals surface area contributed by atoms with Gasteiger partial charge in [0, 0.05) is 16.2 Å². The lowest BCUT2D eigenvalue weighted by Gasteiger charge is -2.05. The van der Waals surface area contributed by atoms with Gasteiger partial charge in [-0.15, -0.1) is 0 Å². The van der Waals surface area contributed by atoms with E-state index in [1.165, 1.54) is 12.1 Å². The van der Waals surface area contributed by atoms with Crippen molar-refractivity contribution in [2.24, 2.45) is 0 Å². The van der Waals surface area contributed by atoms with Crippen LogP contribution in [-0.2, 0) is 6.61 Å². The highest BCUT2D eigenvalue weighted by atomic mass is 79.9. The number of benzene rings is 2. The molecule has 1 amide bonds. The number of nitrogens with one attached hydrogen (secondary N) is 1. The van der Waals surface area contributed by atoms with Gasteiger partial charge in [0.05, 0.1) is 0 Å². The van der Waals surface area contributed by atoms with Gasteiger partial charge in [0.25, 0.3) is 5.91 Å². The Hall–Kier alpha value is -2.73. The molecule has 0 radical (unpaired) electrons. The topological polar surface area (TPSA) is 71.7 Å². The van der Waals surface area contributed by atoms with Crippen LogP contribution < -0.4 is 10.1 Å². The first-order chi connectivity index (χ1) is 11.6. The summed E-state index contributed by atoms with van der Waals surface area (Å²) in [5, 5.41) is 12.1. The maximum absolute atomic E-state index is 12.1. The first-order valence-corrected chi connectivity index (χ1v) is 7.97. The minimum absolute atomic E-state index is 0.0795. The molecule has 3 aromatic rings. The number of ether oxygens (including phenoxy) is 1. The molecule has 5 nitrogen and oxygen atoms in total. The summed E-state index contributed by atoms with van der Waals surface area (Å²) < 4.78 is 12.1. The van der Waals surface area contributed by atoms with Gasteiger partial charge in [-0.1, -0.05) is 22.0 Å². The molecule has 0 atom stereocenters. The summed E-state index contributed by atoms with van der Waals surface area (Å²) in [4.78, 5) is 12.1. The number of carbonyl (C=O) groups excluding carboxylic acids is 1. The van der Waals surface area contributed by atoms with Crippen LogP contribution in [0.25, 0.3) is 0 Å². The molecule has 0 saturated carbocycles. The molecular formula is C18H14BrNO4. The van der Waals surface area contributed by atoms with Crippen LogP contribution in [0.1, 0.15) is 16.3 Å². The smallest absolute Gasteiger partial charge is 0.291 e. The zero-order valence-corrected chi connectivity index (χ0v) is 14.1. The number of phenolic OH excluding ortho intramolecular Hbond substituents is 1. The Labute approximate surface area is 147 Å². The normalized spacial score (nSPS) is 10.4. The van der Waals surface area contributed by atoms with Crippen molar-refractivity contribution in [3.05, 3.63) is 76.7 Å². The van der Waals surface area contributed by atoms with Crippen LogP contribution >= 0.6 is 15.9 Å². The molecule has 2 aromatic carbocycles. The van der Waals surface area contributed by atoms with Crippen LogP contribution in [-0.4, -0.2) is 11.0 Å². The van der Waals surface area contributed by atoms with Gasteiger partial charge in [-0.3, -0.25) is 4.79 Å². The Morgan fingerprint density at radius 1 is 1.12 bits per heavy atom. The van der Waals surface area contributed by atoms with Gasteiger partial charge in [-0.05, 0) is 48.5 Å². The Morgan fingerprint density at radius 3 is 2.67 bits per heavy atom. The highest BCUT2D eigenvalue weighted by Crippen LogP contribution is 2.19. The van der Waals surface area contributed by atoms with Crippen LogP contribution in [0, 0.1) is 0 Å². The number of anilines is 1. The van der Waals surface area contributed by atoms with Crippen molar-refractivity contribution in [1.29, 1.82) is 0 Å². The zero-order valence-electron chi connectivity index (χ0n) is 12.5. The molecule has 0 bridgehead atoms. The quantitative estimate of drug-likeness (QED) is 0.671. The van der Waals surface area contributed by atoms with Gasteiger partial charge in [-0.25, -0.2) is 0 Å². The summed E-state index contributed by atoms with van der Waals surface area (Å²) in [6, 6.07) is 17.0. The Morgan fingerprint density at radius 2 is 1.92 bits per heavy atom. The summed E-state index contributed by atoms with van der Waals surface area (Å²) in [7, 11) is 0. The van der Waals surface area contributed by atoms with E-state index in [1.54, 1.807) is 24.3 Å². The lowest BCUT2D eigenvalue weighted by Crippen LogP contribution is -2.10. The second kappa shape index (κ2) is 7.23. The van der Waals surface area contributed by atoms with Crippen molar-refractivity contribution in [2.75, 3.05) is 5.32 Å². The number of carbonyl (C=O) groups is 1. The van der Waals surface area contributed by atoms with Gasteiger partial charge in [0.1, 0.15) is 23.9 Å². The molecule has 0 unspecified atom stereocenters. The molecule has 0 aliphatic heterocycles. The minimum Gasteiger partial charge on any atom is -0.508 e. The molecule has 1 aromatic heterocycles. The van der Waals surface area contributed by atoms with Crippen molar-refractivity contribution < 1.29 is 19.1 Å². The first-order valence-electron chi connectivity index (χ1n) is 7.17. The Kier molecular flexibility index (Phi) is 4.86. The minimum atomic E-state index is -0.393. The lowest BCUT2D eigenvalue weighted by atomic mass is 10.3. The van der Waals surface area contributed by atoms with Gasteiger partial charge in [-0.2, -0.15) is 0 Å². The van der Waals surface area contributed by atoms with E-state index in [2.05, 4.69) is 21.2 Å². The summed E-state index contributed by atoms with van der Waals surface area (Å²) in [5.74, 6) is 1.11. The molecule has 0 aliphatic rings. The van der Waals surface area contributed by atoms with E-state index in [4.69, 9.17) is 9.15 Å². The SMILES string of the molecule is O=C(Nc1cccc(O)c1)c1ccc(COc2ccc(Br)cc2)o1. The molecule has 3 rings (SSSR count). The van der Waals surface area contributed by atoms with Gasteiger partial charge in [0.15, 0.2) is 5.76 Å². The van der Waals surface area contributed by atoms with E-state index in [9.17, 15) is 9.90 Å². The second-order valence-corrected chi connectivity index (χ2v) is 5.93. The fourth-order valence-corrected chi connectivity index (χ4v) is 2.30. The van der Waals surface area contributed by atoms with Crippen molar-refractivity contribution in [3.63, 3.8) is 0 Å². The van der Waals surface area contributed by atoms with E-state index >= 15 is 0 Å². The maximum Gasteiger partial charge on any atom is 0.291 e. The van der Waals surface area contributed by atoms with Gasteiger partial charge in [0.2, 0.25) is 0 Å². The third-order valence-electron chi connectivity index (χ3n) is 3.18. The molecular weight excluding hydrogens is 374 g/mol. The number of halogens is 1. The predicted octanol–water partition coefficient (Wildman–Crippen LogP) is 4.58. The fourth-order valence-electron chi connectivity index (χ4n) is 2.04. The fraction of sp³-hybridized carbons (Fsp3) is 0.0556. The van der Waals surface area contributed by atoms with E-state index in [-0.39, 0.29) is 18.1 Å². The number of amides is 1. The average Bonchev–Trinajstić information content (AvgIpc) is 3.03. The lowest BCUT2D eigenvalue weighted by molar-refractivity contribution is 0.0992. The van der Waals surface area contributed by atoms with Crippen LogP contribution in [0.4, 0.5) is 5.69 Å². The van der Waals surface area contributed by atoms with Crippen molar-refractivity contribution in [3.8, 4) is 11.5 Å². The van der Waals surface area contributed by atoms with Gasteiger partial charge >= 0.3 is 0 Å². The number of rotatable bonds is 5. The molecule has 0 spiro atoms. The number of hydrogen-bond donors (Lipinski definition) is 2. The third kappa shape index (κ3) is 4.17. The Balaban J connectivity index is 1.60. The van der Waals surface area contributed by atoms with E-state index in [1.807, 2.05) is 24.3 Å². The molecule has 122 valence electrons. The van der Waals surface area contributed by atoms with E-state index < -0.39 is 5.91 Å². The average molecular weight is 388 g/mol. The number of aromatic hydroxyl groups is 1. The number of hydrogen-bond acceptors (Lipinski definition) is 4. The largest absolute Gasteiger partial charge is 0.508 e. The third-order valence-corrected chi connectivity index (χ3v) is 3.71. The summed E-state index contributed by atoms with van der Waals surface area (Å²) in [5.41, 5.74) is 0.490. The highest BCUT2D eigenvalue weighted by Gasteiger charge is 2.12. The Bertz CT molecular complexity index is 842. The number of phenols is 1. The molecule has 0 aliphatic carbocycles. The predicted molar refractivity (Wildman–Crippen MR) is 93.2 cm³/mol. The second-order valence-electron chi connectivity index (χ2n) is 5.01. The van der Waals surface area contributed by atoms with Crippen LogP contribution in [0.2, 0.25) is 0 Å². The van der Waals surface area contributed by atoms with Crippen molar-refractivity contribution in [1.82, 2.24) is 0 Å². The molecule has 6 heteroatoms. The van der Waals surface area contributed by atoms with Gasteiger partial charge < -0.3 is 19.6 Å². The summed E-state index contributed by atoms with van der Waals surface area (Å²) >= 11 is 3.36. The first kappa shape index (κ1) is 16.1.